The lowest BCUT2D eigenvalue weighted by atomic mass is 9.99. The highest BCUT2D eigenvalue weighted by molar-refractivity contribution is 9.09. The molecule has 0 saturated carbocycles. The number of thiophene rings is 1. The summed E-state index contributed by atoms with van der Waals surface area (Å²) < 4.78 is 5.91. The van der Waals surface area contributed by atoms with Crippen LogP contribution in [0.5, 0.6) is 5.75 Å². The van der Waals surface area contributed by atoms with Crippen LogP contribution in [0.2, 0.25) is 0 Å². The summed E-state index contributed by atoms with van der Waals surface area (Å²) in [4.78, 5) is 1.62. The lowest BCUT2D eigenvalue weighted by Gasteiger charge is -2.16. The topological polar surface area (TPSA) is 9.23 Å². The van der Waals surface area contributed by atoms with Crippen LogP contribution in [-0.2, 0) is 6.42 Å². The van der Waals surface area contributed by atoms with E-state index in [1.807, 2.05) is 0 Å². The highest BCUT2D eigenvalue weighted by Crippen LogP contribution is 2.40. The third-order valence-electron chi connectivity index (χ3n) is 3.17. The third kappa shape index (κ3) is 2.21. The molecule has 0 spiro atoms. The monoisotopic (exact) mass is 322 g/mol. The van der Waals surface area contributed by atoms with Crippen LogP contribution in [0.4, 0.5) is 0 Å². The maximum Gasteiger partial charge on any atom is 0.123 e. The zero-order chi connectivity index (χ0) is 12.8. The van der Waals surface area contributed by atoms with Crippen molar-refractivity contribution in [2.75, 3.05) is 0 Å². The van der Waals surface area contributed by atoms with E-state index in [-0.39, 0.29) is 10.4 Å². The van der Waals surface area contributed by atoms with Gasteiger partial charge in [0.2, 0.25) is 0 Å². The van der Waals surface area contributed by atoms with Gasteiger partial charge in [0.25, 0.3) is 0 Å². The minimum absolute atomic E-state index is 0.0638. The van der Waals surface area contributed by atoms with Gasteiger partial charge in [0.15, 0.2) is 0 Å². The van der Waals surface area contributed by atoms with Crippen molar-refractivity contribution in [1.29, 1.82) is 0 Å². The normalized spacial score (nSPS) is 18.2. The van der Waals surface area contributed by atoms with Gasteiger partial charge in [0.1, 0.15) is 11.4 Å². The standard InChI is InChI=1S/C15H15BrOS/c1-15(2)9-11-8-10(5-6-12(11)17-15)14(16)13-4-3-7-18-13/h3-8,14H,9H2,1-2H3. The molecule has 1 nitrogen and oxygen atoms in total. The molecular formula is C15H15BrOS. The third-order valence-corrected chi connectivity index (χ3v) is 5.43. The second-order valence-electron chi connectivity index (χ2n) is 5.28. The van der Waals surface area contributed by atoms with Gasteiger partial charge >= 0.3 is 0 Å². The van der Waals surface area contributed by atoms with Gasteiger partial charge in [-0.15, -0.1) is 11.3 Å². The molecule has 94 valence electrons. The van der Waals surface area contributed by atoms with Crippen LogP contribution in [-0.4, -0.2) is 5.60 Å². The second kappa shape index (κ2) is 4.39. The molecular weight excluding hydrogens is 308 g/mol. The maximum absolute atomic E-state index is 5.91. The van der Waals surface area contributed by atoms with Crippen LogP contribution in [0.3, 0.4) is 0 Å². The van der Waals surface area contributed by atoms with E-state index in [1.54, 1.807) is 11.3 Å². The molecule has 1 aliphatic heterocycles. The molecule has 18 heavy (non-hydrogen) atoms. The first-order valence-electron chi connectivity index (χ1n) is 6.04. The summed E-state index contributed by atoms with van der Waals surface area (Å²) in [6, 6.07) is 10.8. The number of ether oxygens (including phenoxy) is 1. The van der Waals surface area contributed by atoms with E-state index in [2.05, 4.69) is 65.5 Å². The van der Waals surface area contributed by atoms with E-state index in [0.29, 0.717) is 0 Å². The molecule has 2 heterocycles. The molecule has 0 aliphatic carbocycles. The number of halogens is 1. The molecule has 1 aromatic carbocycles. The van der Waals surface area contributed by atoms with Crippen LogP contribution in [0.15, 0.2) is 35.7 Å². The molecule has 1 atom stereocenters. The van der Waals surface area contributed by atoms with Gasteiger partial charge in [-0.2, -0.15) is 0 Å². The SMILES string of the molecule is CC1(C)Cc2cc(C(Br)c3cccs3)ccc2O1. The molecule has 1 aromatic heterocycles. The van der Waals surface area contributed by atoms with Crippen molar-refractivity contribution in [2.45, 2.75) is 30.7 Å². The van der Waals surface area contributed by atoms with Crippen LogP contribution >= 0.6 is 27.3 Å². The first kappa shape index (κ1) is 12.2. The summed E-state index contributed by atoms with van der Waals surface area (Å²) in [5, 5.41) is 2.11. The number of hydrogen-bond acceptors (Lipinski definition) is 2. The number of alkyl halides is 1. The summed E-state index contributed by atoms with van der Waals surface area (Å²) in [7, 11) is 0. The Balaban J connectivity index is 1.93. The summed E-state index contributed by atoms with van der Waals surface area (Å²) in [6.07, 6.45) is 0.986. The molecule has 3 heteroatoms. The van der Waals surface area contributed by atoms with Crippen LogP contribution in [0.25, 0.3) is 0 Å². The van der Waals surface area contributed by atoms with Crippen LogP contribution < -0.4 is 4.74 Å². The van der Waals surface area contributed by atoms with Crippen molar-refractivity contribution >= 4 is 27.3 Å². The summed E-state index contributed by atoms with van der Waals surface area (Å²) in [5.41, 5.74) is 2.56. The molecule has 0 saturated heterocycles. The molecule has 0 amide bonds. The number of benzene rings is 1. The lowest BCUT2D eigenvalue weighted by Crippen LogP contribution is -2.24. The first-order valence-corrected chi connectivity index (χ1v) is 7.84. The zero-order valence-electron chi connectivity index (χ0n) is 10.4. The fourth-order valence-electron chi connectivity index (χ4n) is 2.39. The van der Waals surface area contributed by atoms with Gasteiger partial charge in [-0.3, -0.25) is 0 Å². The van der Waals surface area contributed by atoms with E-state index in [1.165, 1.54) is 16.0 Å². The van der Waals surface area contributed by atoms with E-state index in [0.717, 1.165) is 12.2 Å². The molecule has 0 N–H and O–H groups in total. The fraction of sp³-hybridized carbons (Fsp3) is 0.333. The Labute approximate surface area is 120 Å². The van der Waals surface area contributed by atoms with Gasteiger partial charge in [-0.05, 0) is 42.5 Å². The van der Waals surface area contributed by atoms with E-state index in [9.17, 15) is 0 Å². The summed E-state index contributed by atoms with van der Waals surface area (Å²) in [5.74, 6) is 1.04. The highest BCUT2D eigenvalue weighted by Gasteiger charge is 2.30. The maximum atomic E-state index is 5.91. The Hall–Kier alpha value is -0.800. The molecule has 0 radical (unpaired) electrons. The predicted octanol–water partition coefficient (Wildman–Crippen LogP) is 4.95. The van der Waals surface area contributed by atoms with E-state index in [4.69, 9.17) is 4.74 Å². The molecule has 1 aliphatic rings. The van der Waals surface area contributed by atoms with Crippen molar-refractivity contribution in [3.05, 3.63) is 51.7 Å². The van der Waals surface area contributed by atoms with Crippen molar-refractivity contribution < 1.29 is 4.74 Å². The zero-order valence-corrected chi connectivity index (χ0v) is 12.8. The van der Waals surface area contributed by atoms with Gasteiger partial charge in [0.05, 0.1) is 4.83 Å². The Morgan fingerprint density at radius 3 is 2.89 bits per heavy atom. The molecule has 0 fully saturated rings. The first-order chi connectivity index (χ1) is 8.55. The second-order valence-corrected chi connectivity index (χ2v) is 7.18. The van der Waals surface area contributed by atoms with Crippen LogP contribution in [0.1, 0.15) is 34.7 Å². The average molecular weight is 323 g/mol. The largest absolute Gasteiger partial charge is 0.487 e. The Bertz CT molecular complexity index is 560. The summed E-state index contributed by atoms with van der Waals surface area (Å²) in [6.45, 7) is 4.27. The smallest absolute Gasteiger partial charge is 0.123 e. The quantitative estimate of drug-likeness (QED) is 0.711. The van der Waals surface area contributed by atoms with Crippen molar-refractivity contribution in [2.24, 2.45) is 0 Å². The Morgan fingerprint density at radius 1 is 1.33 bits per heavy atom. The number of fused-ring (bicyclic) bond motifs is 1. The van der Waals surface area contributed by atoms with Gasteiger partial charge in [0, 0.05) is 11.3 Å². The molecule has 2 aromatic rings. The summed E-state index contributed by atoms with van der Waals surface area (Å²) >= 11 is 5.56. The Kier molecular flexibility index (Phi) is 2.99. The molecule has 3 rings (SSSR count). The minimum Gasteiger partial charge on any atom is -0.487 e. The van der Waals surface area contributed by atoms with Crippen molar-refractivity contribution in [3.8, 4) is 5.75 Å². The minimum atomic E-state index is -0.0638. The molecule has 0 bridgehead atoms. The van der Waals surface area contributed by atoms with Gasteiger partial charge in [-0.25, -0.2) is 0 Å². The molecule has 1 unspecified atom stereocenters. The van der Waals surface area contributed by atoms with Gasteiger partial charge < -0.3 is 4.74 Å². The Morgan fingerprint density at radius 2 is 2.17 bits per heavy atom. The highest BCUT2D eigenvalue weighted by atomic mass is 79.9. The lowest BCUT2D eigenvalue weighted by molar-refractivity contribution is 0.138. The van der Waals surface area contributed by atoms with Crippen LogP contribution in [0, 0.1) is 0 Å². The number of rotatable bonds is 2. The van der Waals surface area contributed by atoms with Crippen molar-refractivity contribution in [3.63, 3.8) is 0 Å². The predicted molar refractivity (Wildman–Crippen MR) is 79.9 cm³/mol. The average Bonchev–Trinajstić information content (AvgIpc) is 2.91. The van der Waals surface area contributed by atoms with Gasteiger partial charge in [-0.1, -0.05) is 34.1 Å². The number of hydrogen-bond donors (Lipinski definition) is 0. The van der Waals surface area contributed by atoms with Crippen molar-refractivity contribution in [1.82, 2.24) is 0 Å². The fourth-order valence-corrected chi connectivity index (χ4v) is 3.87. The van der Waals surface area contributed by atoms with E-state index >= 15 is 0 Å². The van der Waals surface area contributed by atoms with E-state index < -0.39 is 0 Å².